The van der Waals surface area contributed by atoms with E-state index in [1.807, 2.05) is 54.1 Å². The normalized spacial score (nSPS) is 11.1. The van der Waals surface area contributed by atoms with Crippen molar-refractivity contribution in [1.29, 1.82) is 0 Å². The van der Waals surface area contributed by atoms with Crippen molar-refractivity contribution < 1.29 is 9.59 Å². The summed E-state index contributed by atoms with van der Waals surface area (Å²) >= 11 is 5.32. The van der Waals surface area contributed by atoms with E-state index >= 15 is 0 Å². The summed E-state index contributed by atoms with van der Waals surface area (Å²) < 4.78 is 3.83. The lowest BCUT2D eigenvalue weighted by Gasteiger charge is -2.09. The second kappa shape index (κ2) is 9.83. The van der Waals surface area contributed by atoms with Crippen LogP contribution in [0, 0.1) is 4.77 Å². The number of nitrogens with zero attached hydrogens (tertiary/aromatic N) is 2. The molecular weight excluding hydrogens is 438 g/mol. The van der Waals surface area contributed by atoms with Gasteiger partial charge in [-0.05, 0) is 43.3 Å². The van der Waals surface area contributed by atoms with Gasteiger partial charge >= 0.3 is 0 Å². The third kappa shape index (κ3) is 4.88. The molecule has 2 aromatic carbocycles. The number of amides is 2. The van der Waals surface area contributed by atoms with E-state index < -0.39 is 0 Å². The van der Waals surface area contributed by atoms with Crippen LogP contribution in [0.2, 0.25) is 0 Å². The van der Waals surface area contributed by atoms with E-state index in [4.69, 9.17) is 12.2 Å². The first-order chi connectivity index (χ1) is 16.0. The van der Waals surface area contributed by atoms with Crippen molar-refractivity contribution in [3.63, 3.8) is 0 Å². The summed E-state index contributed by atoms with van der Waals surface area (Å²) in [5.74, 6) is -0.617. The highest BCUT2D eigenvalue weighted by atomic mass is 32.1. The smallest absolute Gasteiger partial charge is 0.271 e. The fourth-order valence-corrected chi connectivity index (χ4v) is 4.20. The molecule has 0 aliphatic rings. The van der Waals surface area contributed by atoms with Crippen molar-refractivity contribution in [3.05, 3.63) is 75.4 Å². The van der Waals surface area contributed by atoms with Gasteiger partial charge in [-0.1, -0.05) is 36.8 Å². The summed E-state index contributed by atoms with van der Waals surface area (Å²) in [5, 5.41) is 1.43. The van der Waals surface area contributed by atoms with E-state index in [0.717, 1.165) is 22.8 Å². The molecule has 2 amide bonds. The average molecular weight is 464 g/mol. The minimum Gasteiger partial charge on any atom is -0.350 e. The van der Waals surface area contributed by atoms with Gasteiger partial charge in [-0.15, -0.1) is 0 Å². The number of carbonyl (C=O) groups excluding carboxylic acids is 2. The number of hydrogen-bond acceptors (Lipinski definition) is 4. The number of aryl methyl sites for hydroxylation is 1. The summed E-state index contributed by atoms with van der Waals surface area (Å²) in [6, 6.07) is 14.9. The zero-order valence-corrected chi connectivity index (χ0v) is 19.1. The quantitative estimate of drug-likeness (QED) is 0.222. The van der Waals surface area contributed by atoms with Crippen LogP contribution in [0.5, 0.6) is 0 Å². The van der Waals surface area contributed by atoms with E-state index in [0.29, 0.717) is 35.1 Å². The molecule has 0 fully saturated rings. The number of H-pyrrole nitrogens is 1. The topological polar surface area (TPSA) is 101 Å². The Bertz CT molecular complexity index is 1450. The monoisotopic (exact) mass is 463 g/mol. The molecule has 2 aromatic heterocycles. The number of nitrogens with one attached hydrogen (secondary N) is 3. The first-order valence-electron chi connectivity index (χ1n) is 10.8. The van der Waals surface area contributed by atoms with E-state index in [9.17, 15) is 14.4 Å². The molecule has 33 heavy (non-hydrogen) atoms. The Kier molecular flexibility index (Phi) is 6.69. The molecule has 0 radical (unpaired) electrons. The van der Waals surface area contributed by atoms with Gasteiger partial charge in [-0.3, -0.25) is 29.8 Å². The molecule has 0 saturated carbocycles. The van der Waals surface area contributed by atoms with Crippen molar-refractivity contribution >= 4 is 45.8 Å². The summed E-state index contributed by atoms with van der Waals surface area (Å²) in [4.78, 5) is 40.3. The molecule has 9 heteroatoms. The number of rotatable bonds is 7. The Morgan fingerprint density at radius 1 is 0.970 bits per heavy atom. The van der Waals surface area contributed by atoms with Crippen molar-refractivity contribution in [1.82, 2.24) is 25.0 Å². The van der Waals surface area contributed by atoms with E-state index in [1.165, 1.54) is 0 Å². The van der Waals surface area contributed by atoms with Crippen LogP contribution in [0.3, 0.4) is 0 Å². The fraction of sp³-hybridized carbons (Fsp3) is 0.250. The van der Waals surface area contributed by atoms with Crippen molar-refractivity contribution in [2.24, 2.45) is 7.05 Å². The van der Waals surface area contributed by atoms with Gasteiger partial charge in [0.15, 0.2) is 4.77 Å². The summed E-state index contributed by atoms with van der Waals surface area (Å²) in [5.41, 5.74) is 7.03. The zero-order chi connectivity index (χ0) is 23.4. The van der Waals surface area contributed by atoms with Gasteiger partial charge in [0, 0.05) is 37.1 Å². The fourth-order valence-electron chi connectivity index (χ4n) is 3.91. The number of benzene rings is 2. The van der Waals surface area contributed by atoms with Crippen LogP contribution in [0.4, 0.5) is 0 Å². The number of fused-ring (bicyclic) bond motifs is 2. The van der Waals surface area contributed by atoms with Crippen LogP contribution in [-0.4, -0.2) is 25.9 Å². The largest absolute Gasteiger partial charge is 0.350 e. The maximum atomic E-state index is 12.6. The Hall–Kier alpha value is -3.72. The number of aromatic amines is 1. The summed E-state index contributed by atoms with van der Waals surface area (Å²) in [6.07, 6.45) is 4.11. The molecule has 0 aliphatic heterocycles. The lowest BCUT2D eigenvalue weighted by Crippen LogP contribution is -2.41. The lowest BCUT2D eigenvalue weighted by atomic mass is 10.1. The van der Waals surface area contributed by atoms with Crippen LogP contribution in [-0.2, 0) is 18.4 Å². The van der Waals surface area contributed by atoms with E-state index in [1.54, 1.807) is 16.8 Å². The highest BCUT2D eigenvalue weighted by Gasteiger charge is 2.14. The molecule has 4 aromatic rings. The third-order valence-electron chi connectivity index (χ3n) is 5.63. The molecule has 0 unspecified atom stereocenters. The van der Waals surface area contributed by atoms with Crippen LogP contribution < -0.4 is 16.4 Å². The van der Waals surface area contributed by atoms with E-state index in [-0.39, 0.29) is 23.8 Å². The molecular formula is C24H25N5O3S. The maximum Gasteiger partial charge on any atom is 0.271 e. The molecule has 0 saturated heterocycles. The Morgan fingerprint density at radius 2 is 1.70 bits per heavy atom. The number of hydrazine groups is 1. The second-order valence-electron chi connectivity index (χ2n) is 7.92. The minimum absolute atomic E-state index is 0.108. The van der Waals surface area contributed by atoms with Crippen LogP contribution in [0.25, 0.3) is 21.8 Å². The Morgan fingerprint density at radius 3 is 2.52 bits per heavy atom. The molecule has 170 valence electrons. The number of hydrogen-bond donors (Lipinski definition) is 3. The molecule has 0 spiro atoms. The van der Waals surface area contributed by atoms with Gasteiger partial charge in [0.25, 0.3) is 11.5 Å². The van der Waals surface area contributed by atoms with Crippen molar-refractivity contribution in [3.8, 4) is 0 Å². The SMILES string of the molecule is Cn1cc(C(=O)NNC(=O)CCCCCn2c(=S)[nH]c3ccccc3c2=O)c2ccccc21. The zero-order valence-electron chi connectivity index (χ0n) is 18.3. The molecule has 4 rings (SSSR count). The predicted octanol–water partition coefficient (Wildman–Crippen LogP) is 3.57. The van der Waals surface area contributed by atoms with Crippen molar-refractivity contribution in [2.45, 2.75) is 32.2 Å². The lowest BCUT2D eigenvalue weighted by molar-refractivity contribution is -0.122. The number of aromatic nitrogens is 3. The minimum atomic E-state index is -0.356. The van der Waals surface area contributed by atoms with Crippen molar-refractivity contribution in [2.75, 3.05) is 0 Å². The number of para-hydroxylation sites is 2. The van der Waals surface area contributed by atoms with Crippen LogP contribution in [0.1, 0.15) is 36.0 Å². The van der Waals surface area contributed by atoms with Gasteiger partial charge in [-0.2, -0.15) is 0 Å². The standard InChI is InChI=1S/C24H25N5O3S/c1-28-15-18(16-9-5-7-12-20(16)28)22(31)27-26-21(30)13-3-2-8-14-29-23(32)17-10-4-6-11-19(17)25-24(29)33/h4-7,9-12,15H,2-3,8,13-14H2,1H3,(H,25,33)(H,26,30)(H,27,31). The van der Waals surface area contributed by atoms with Gasteiger partial charge < -0.3 is 9.55 Å². The number of carbonyl (C=O) groups is 2. The highest BCUT2D eigenvalue weighted by Crippen LogP contribution is 2.19. The molecule has 0 atom stereocenters. The second-order valence-corrected chi connectivity index (χ2v) is 8.30. The molecule has 2 heterocycles. The van der Waals surface area contributed by atoms with Gasteiger partial charge in [0.2, 0.25) is 5.91 Å². The maximum absolute atomic E-state index is 12.6. The Balaban J connectivity index is 1.23. The molecule has 8 nitrogen and oxygen atoms in total. The highest BCUT2D eigenvalue weighted by molar-refractivity contribution is 7.71. The summed E-state index contributed by atoms with van der Waals surface area (Å²) in [6.45, 7) is 0.485. The molecule has 3 N–H and O–H groups in total. The number of unbranched alkanes of at least 4 members (excludes halogenated alkanes) is 2. The van der Waals surface area contributed by atoms with Gasteiger partial charge in [-0.25, -0.2) is 0 Å². The van der Waals surface area contributed by atoms with Gasteiger partial charge in [0.1, 0.15) is 0 Å². The van der Waals surface area contributed by atoms with Crippen LogP contribution >= 0.6 is 12.2 Å². The van der Waals surface area contributed by atoms with E-state index in [2.05, 4.69) is 15.8 Å². The first kappa shape index (κ1) is 22.5. The third-order valence-corrected chi connectivity index (χ3v) is 5.95. The molecule has 0 aliphatic carbocycles. The average Bonchev–Trinajstić information content (AvgIpc) is 3.16. The van der Waals surface area contributed by atoms with Crippen LogP contribution in [0.15, 0.2) is 59.5 Å². The summed E-state index contributed by atoms with van der Waals surface area (Å²) in [7, 11) is 1.87. The molecule has 0 bridgehead atoms. The Labute approximate surface area is 195 Å². The van der Waals surface area contributed by atoms with Gasteiger partial charge in [0.05, 0.1) is 16.5 Å². The predicted molar refractivity (Wildman–Crippen MR) is 130 cm³/mol. The first-order valence-corrected chi connectivity index (χ1v) is 11.2.